The van der Waals surface area contributed by atoms with E-state index in [0.717, 1.165) is 0 Å². The molecule has 0 bridgehead atoms. The largest absolute Gasteiger partial charge is 0.511 e. The van der Waals surface area contributed by atoms with Crippen LogP contribution < -0.4 is 14.8 Å². The highest BCUT2D eigenvalue weighted by Crippen LogP contribution is 2.32. The fourth-order valence-corrected chi connectivity index (χ4v) is 3.04. The number of benzene rings is 1. The van der Waals surface area contributed by atoms with Gasteiger partial charge in [-0.25, -0.2) is 9.59 Å². The van der Waals surface area contributed by atoms with Crippen molar-refractivity contribution in [3.63, 3.8) is 0 Å². The van der Waals surface area contributed by atoms with Crippen molar-refractivity contribution >= 4 is 24.1 Å². The SMILES string of the molecule is CCC(C)C(=O)Oc1ccc(C[C@](NC(C)C)(OC(=O)OC(C)(C)C)C(=O)O)cc1OC(=O)C(C)CC. The Labute approximate surface area is 219 Å². The molecule has 0 aliphatic carbocycles. The molecule has 1 rings (SSSR count). The molecule has 1 aromatic carbocycles. The van der Waals surface area contributed by atoms with Gasteiger partial charge in [0.05, 0.1) is 11.8 Å². The molecule has 0 heterocycles. The maximum Gasteiger partial charge on any atom is 0.511 e. The fourth-order valence-electron chi connectivity index (χ4n) is 3.04. The van der Waals surface area contributed by atoms with E-state index in [1.165, 1.54) is 18.2 Å². The summed E-state index contributed by atoms with van der Waals surface area (Å²) < 4.78 is 21.5. The van der Waals surface area contributed by atoms with Crippen molar-refractivity contribution in [2.75, 3.05) is 0 Å². The Bertz CT molecular complexity index is 967. The second-order valence-electron chi connectivity index (χ2n) is 10.4. The van der Waals surface area contributed by atoms with Crippen molar-refractivity contribution in [2.45, 2.75) is 98.9 Å². The number of carbonyl (C=O) groups is 4. The third kappa shape index (κ3) is 10.0. The molecule has 0 radical (unpaired) electrons. The third-order valence-corrected chi connectivity index (χ3v) is 5.43. The minimum Gasteiger partial charge on any atom is -0.477 e. The predicted octanol–water partition coefficient (Wildman–Crippen LogP) is 4.86. The number of rotatable bonds is 12. The summed E-state index contributed by atoms with van der Waals surface area (Å²) >= 11 is 0. The van der Waals surface area contributed by atoms with E-state index < -0.39 is 47.3 Å². The first-order valence-corrected chi connectivity index (χ1v) is 12.5. The predicted molar refractivity (Wildman–Crippen MR) is 136 cm³/mol. The van der Waals surface area contributed by atoms with Crippen LogP contribution >= 0.6 is 0 Å². The van der Waals surface area contributed by atoms with Crippen molar-refractivity contribution in [1.29, 1.82) is 0 Å². The van der Waals surface area contributed by atoms with Gasteiger partial charge in [0.15, 0.2) is 11.5 Å². The maximum absolute atomic E-state index is 12.5. The number of carboxylic acids is 1. The van der Waals surface area contributed by atoms with E-state index in [9.17, 15) is 24.3 Å². The smallest absolute Gasteiger partial charge is 0.477 e. The molecule has 0 fully saturated rings. The van der Waals surface area contributed by atoms with E-state index >= 15 is 0 Å². The molecule has 1 aromatic rings. The zero-order valence-electron chi connectivity index (χ0n) is 23.3. The summed E-state index contributed by atoms with van der Waals surface area (Å²) in [4.78, 5) is 49.8. The number of hydrogen-bond acceptors (Lipinski definition) is 9. The molecule has 3 atom stereocenters. The molecule has 2 unspecified atom stereocenters. The zero-order valence-corrected chi connectivity index (χ0v) is 23.3. The normalized spacial score (nSPS) is 14.8. The third-order valence-electron chi connectivity index (χ3n) is 5.43. The van der Waals surface area contributed by atoms with Crippen LogP contribution in [-0.2, 0) is 30.3 Å². The Kier molecular flexibility index (Phi) is 11.6. The van der Waals surface area contributed by atoms with Crippen molar-refractivity contribution in [2.24, 2.45) is 11.8 Å². The van der Waals surface area contributed by atoms with Crippen molar-refractivity contribution < 1.29 is 43.2 Å². The maximum atomic E-state index is 12.5. The molecule has 0 amide bonds. The lowest BCUT2D eigenvalue weighted by Crippen LogP contribution is -2.59. The van der Waals surface area contributed by atoms with Crippen molar-refractivity contribution in [3.05, 3.63) is 23.8 Å². The Morgan fingerprint density at radius 3 is 1.81 bits per heavy atom. The van der Waals surface area contributed by atoms with Crippen LogP contribution in [-0.4, -0.2) is 46.5 Å². The number of nitrogens with one attached hydrogen (secondary N) is 1. The Hall–Kier alpha value is -3.14. The highest BCUT2D eigenvalue weighted by Gasteiger charge is 2.45. The first kappa shape index (κ1) is 31.9. The zero-order chi connectivity index (χ0) is 28.6. The molecular weight excluding hydrogens is 482 g/mol. The number of aliphatic carboxylic acids is 1. The Morgan fingerprint density at radius 1 is 0.865 bits per heavy atom. The number of esters is 2. The van der Waals surface area contributed by atoms with E-state index in [2.05, 4.69) is 5.32 Å². The van der Waals surface area contributed by atoms with Crippen LogP contribution in [0, 0.1) is 11.8 Å². The standard InChI is InChI=1S/C27H41NO9/c1-10-17(5)22(29)34-20-13-12-19(14-21(20)35-23(30)18(6)11-2)15-27(24(31)32,28-16(3)4)37-25(33)36-26(7,8)9/h12-14,16-18,28H,10-11,15H2,1-9H3,(H,31,32)/t17?,18?,27-/m0/s1. The van der Waals surface area contributed by atoms with Gasteiger partial charge in [-0.3, -0.25) is 14.9 Å². The van der Waals surface area contributed by atoms with E-state index in [0.29, 0.717) is 18.4 Å². The van der Waals surface area contributed by atoms with Gasteiger partial charge in [-0.05, 0) is 65.2 Å². The van der Waals surface area contributed by atoms with Crippen LogP contribution in [0.5, 0.6) is 11.5 Å². The van der Waals surface area contributed by atoms with Gasteiger partial charge < -0.3 is 24.1 Å². The van der Waals surface area contributed by atoms with Crippen LogP contribution in [0.15, 0.2) is 18.2 Å². The first-order valence-electron chi connectivity index (χ1n) is 12.5. The second-order valence-corrected chi connectivity index (χ2v) is 10.4. The van der Waals surface area contributed by atoms with Crippen LogP contribution in [0.25, 0.3) is 0 Å². The summed E-state index contributed by atoms with van der Waals surface area (Å²) in [6, 6.07) is 3.94. The molecule has 0 aromatic heterocycles. The number of carbonyl (C=O) groups excluding carboxylic acids is 3. The van der Waals surface area contributed by atoms with Crippen molar-refractivity contribution in [3.8, 4) is 11.5 Å². The Morgan fingerprint density at radius 2 is 1.38 bits per heavy atom. The van der Waals surface area contributed by atoms with Gasteiger partial charge in [-0.1, -0.05) is 33.8 Å². The molecule has 0 aliphatic rings. The Balaban J connectivity index is 3.49. The molecule has 0 spiro atoms. The van der Waals surface area contributed by atoms with Gasteiger partial charge in [-0.15, -0.1) is 0 Å². The van der Waals surface area contributed by atoms with Crippen LogP contribution in [0.4, 0.5) is 4.79 Å². The summed E-state index contributed by atoms with van der Waals surface area (Å²) in [5, 5.41) is 12.9. The average molecular weight is 524 g/mol. The lowest BCUT2D eigenvalue weighted by Gasteiger charge is -2.33. The minimum absolute atomic E-state index is 0.0245. The lowest BCUT2D eigenvalue weighted by atomic mass is 10.0. The molecule has 2 N–H and O–H groups in total. The monoisotopic (exact) mass is 523 g/mol. The van der Waals surface area contributed by atoms with Gasteiger partial charge in [0, 0.05) is 12.5 Å². The highest BCUT2D eigenvalue weighted by molar-refractivity contribution is 5.81. The molecule has 10 nitrogen and oxygen atoms in total. The molecule has 10 heteroatoms. The van der Waals surface area contributed by atoms with Gasteiger partial charge >= 0.3 is 24.1 Å². The van der Waals surface area contributed by atoms with Crippen LogP contribution in [0.3, 0.4) is 0 Å². The molecule has 0 saturated heterocycles. The summed E-state index contributed by atoms with van der Waals surface area (Å²) in [6.45, 7) is 15.4. The van der Waals surface area contributed by atoms with Crippen LogP contribution in [0.2, 0.25) is 0 Å². The van der Waals surface area contributed by atoms with Gasteiger partial charge in [-0.2, -0.15) is 0 Å². The lowest BCUT2D eigenvalue weighted by molar-refractivity contribution is -0.169. The van der Waals surface area contributed by atoms with E-state index in [-0.39, 0.29) is 23.8 Å². The van der Waals surface area contributed by atoms with Crippen molar-refractivity contribution in [1.82, 2.24) is 5.32 Å². The molecular formula is C27H41NO9. The molecule has 0 saturated carbocycles. The molecule has 0 aliphatic heterocycles. The summed E-state index contributed by atoms with van der Waals surface area (Å²) in [7, 11) is 0. The molecule has 208 valence electrons. The van der Waals surface area contributed by atoms with Gasteiger partial charge in [0.2, 0.25) is 0 Å². The van der Waals surface area contributed by atoms with E-state index in [4.69, 9.17) is 18.9 Å². The number of ether oxygens (including phenoxy) is 4. The number of hydrogen-bond donors (Lipinski definition) is 2. The number of carboxylic acid groups (broad SMARTS) is 1. The van der Waals surface area contributed by atoms with Crippen LogP contribution in [0.1, 0.15) is 80.7 Å². The quantitative estimate of drug-likeness (QED) is 0.222. The van der Waals surface area contributed by atoms with Gasteiger partial charge in [0.25, 0.3) is 5.72 Å². The first-order chi connectivity index (χ1) is 17.0. The summed E-state index contributed by atoms with van der Waals surface area (Å²) in [6.07, 6.45) is -0.411. The average Bonchev–Trinajstić information content (AvgIpc) is 2.77. The highest BCUT2D eigenvalue weighted by atomic mass is 16.8. The summed E-state index contributed by atoms with van der Waals surface area (Å²) in [5.41, 5.74) is -2.75. The van der Waals surface area contributed by atoms with E-state index in [1.807, 2.05) is 13.8 Å². The topological polar surface area (TPSA) is 137 Å². The van der Waals surface area contributed by atoms with E-state index in [1.54, 1.807) is 48.5 Å². The second kappa shape index (κ2) is 13.4. The molecule has 37 heavy (non-hydrogen) atoms. The van der Waals surface area contributed by atoms with Gasteiger partial charge in [0.1, 0.15) is 5.60 Å². The summed E-state index contributed by atoms with van der Waals surface area (Å²) in [5.74, 6) is -3.29. The fraction of sp³-hybridized carbons (Fsp3) is 0.630. The minimum atomic E-state index is -2.19.